The summed E-state index contributed by atoms with van der Waals surface area (Å²) in [7, 11) is 0. The van der Waals surface area contributed by atoms with Crippen LogP contribution >= 0.6 is 11.8 Å². The quantitative estimate of drug-likeness (QED) is 0.670. The van der Waals surface area contributed by atoms with E-state index in [2.05, 4.69) is 10.2 Å². The molecule has 1 atom stereocenters. The normalized spacial score (nSPS) is 21.0. The van der Waals surface area contributed by atoms with Gasteiger partial charge >= 0.3 is 0 Å². The van der Waals surface area contributed by atoms with Crippen molar-refractivity contribution in [1.82, 2.24) is 10.2 Å². The fourth-order valence-electron chi connectivity index (χ4n) is 4.34. The molecule has 160 valence electrons. The second-order valence-electron chi connectivity index (χ2n) is 8.23. The van der Waals surface area contributed by atoms with Gasteiger partial charge in [-0.1, -0.05) is 36.4 Å². The third-order valence-corrected chi connectivity index (χ3v) is 7.11. The van der Waals surface area contributed by atoms with Crippen molar-refractivity contribution in [2.45, 2.75) is 48.8 Å². The van der Waals surface area contributed by atoms with Crippen LogP contribution in [0.3, 0.4) is 0 Å². The van der Waals surface area contributed by atoms with Crippen LogP contribution in [0.15, 0.2) is 59.5 Å². The zero-order valence-corrected chi connectivity index (χ0v) is 18.0. The first-order chi connectivity index (χ1) is 14.6. The zero-order chi connectivity index (χ0) is 20.8. The second-order valence-corrected chi connectivity index (χ2v) is 9.28. The van der Waals surface area contributed by atoms with Crippen LogP contribution in [-0.4, -0.2) is 47.9 Å². The summed E-state index contributed by atoms with van der Waals surface area (Å²) in [4.78, 5) is 15.6. The molecule has 2 aliphatic rings. The van der Waals surface area contributed by atoms with Crippen LogP contribution in [0.4, 0.5) is 4.39 Å². The molecule has 0 radical (unpaired) electrons. The maximum absolute atomic E-state index is 13.9. The smallest absolute Gasteiger partial charge is 0.230 e. The fourth-order valence-corrected chi connectivity index (χ4v) is 5.09. The van der Waals surface area contributed by atoms with Crippen LogP contribution in [0, 0.1) is 5.82 Å². The highest BCUT2D eigenvalue weighted by molar-refractivity contribution is 8.00. The van der Waals surface area contributed by atoms with Crippen molar-refractivity contribution in [2.24, 2.45) is 0 Å². The summed E-state index contributed by atoms with van der Waals surface area (Å²) >= 11 is 1.55. The number of nitrogens with one attached hydrogen (secondary N) is 1. The summed E-state index contributed by atoms with van der Waals surface area (Å²) < 4.78 is 20.3. The average Bonchev–Trinajstić information content (AvgIpc) is 3.17. The number of amides is 1. The maximum atomic E-state index is 13.9. The van der Waals surface area contributed by atoms with Crippen molar-refractivity contribution in [1.29, 1.82) is 0 Å². The topological polar surface area (TPSA) is 41.6 Å². The highest BCUT2D eigenvalue weighted by atomic mass is 32.2. The summed E-state index contributed by atoms with van der Waals surface area (Å²) in [6, 6.07) is 17.0. The third kappa shape index (κ3) is 5.62. The number of halogens is 1. The molecule has 1 N–H and O–H groups in total. The Balaban J connectivity index is 1.17. The lowest BCUT2D eigenvalue weighted by molar-refractivity contribution is -0.120. The van der Waals surface area contributed by atoms with Gasteiger partial charge < -0.3 is 10.1 Å². The van der Waals surface area contributed by atoms with Gasteiger partial charge in [-0.15, -0.1) is 11.8 Å². The van der Waals surface area contributed by atoms with Gasteiger partial charge in [0, 0.05) is 36.6 Å². The highest BCUT2D eigenvalue weighted by Crippen LogP contribution is 2.39. The van der Waals surface area contributed by atoms with Crippen molar-refractivity contribution in [3.63, 3.8) is 0 Å². The van der Waals surface area contributed by atoms with Crippen LogP contribution in [0.5, 0.6) is 0 Å². The molecule has 0 saturated carbocycles. The number of hydrogen-bond donors (Lipinski definition) is 1. The average molecular weight is 429 g/mol. The number of ether oxygens (including phenoxy) is 1. The van der Waals surface area contributed by atoms with Gasteiger partial charge in [0.25, 0.3) is 0 Å². The molecule has 1 amide bonds. The van der Waals surface area contributed by atoms with E-state index in [1.807, 2.05) is 42.5 Å². The minimum atomic E-state index is -0.129. The molecule has 2 saturated heterocycles. The first kappa shape index (κ1) is 21.3. The Morgan fingerprint density at radius 2 is 1.83 bits per heavy atom. The lowest BCUT2D eigenvalue weighted by Crippen LogP contribution is -2.45. The number of rotatable bonds is 7. The lowest BCUT2D eigenvalue weighted by Gasteiger charge is -2.39. The number of piperidine rings is 1. The van der Waals surface area contributed by atoms with Gasteiger partial charge in [0.1, 0.15) is 5.82 Å². The number of likely N-dealkylation sites (tertiary alicyclic amines) is 1. The highest BCUT2D eigenvalue weighted by Gasteiger charge is 2.42. The van der Waals surface area contributed by atoms with Gasteiger partial charge in [-0.3, -0.25) is 9.69 Å². The van der Waals surface area contributed by atoms with Crippen LogP contribution in [-0.2, 0) is 16.1 Å². The van der Waals surface area contributed by atoms with E-state index in [9.17, 15) is 9.18 Å². The zero-order valence-electron chi connectivity index (χ0n) is 17.2. The van der Waals surface area contributed by atoms with Crippen LogP contribution in [0.1, 0.15) is 31.2 Å². The summed E-state index contributed by atoms with van der Waals surface area (Å²) in [6.45, 7) is 3.07. The Morgan fingerprint density at radius 1 is 1.10 bits per heavy atom. The molecule has 0 aliphatic carbocycles. The van der Waals surface area contributed by atoms with Gasteiger partial charge in [0.2, 0.25) is 5.91 Å². The molecule has 2 aromatic carbocycles. The van der Waals surface area contributed by atoms with E-state index in [0.29, 0.717) is 18.8 Å². The number of hydrogen-bond acceptors (Lipinski definition) is 4. The molecule has 2 heterocycles. The lowest BCUT2D eigenvalue weighted by atomic mass is 9.88. The molecule has 30 heavy (non-hydrogen) atoms. The van der Waals surface area contributed by atoms with E-state index in [1.165, 1.54) is 6.07 Å². The number of thioether (sulfide) groups is 1. The fraction of sp³-hybridized carbons (Fsp3) is 0.458. The van der Waals surface area contributed by atoms with Crippen molar-refractivity contribution in [3.8, 4) is 0 Å². The summed E-state index contributed by atoms with van der Waals surface area (Å²) in [5.41, 5.74) is 0.690. The molecule has 2 aliphatic heterocycles. The Hall–Kier alpha value is -1.89. The van der Waals surface area contributed by atoms with Crippen molar-refractivity contribution in [3.05, 3.63) is 66.0 Å². The predicted octanol–water partition coefficient (Wildman–Crippen LogP) is 4.25. The van der Waals surface area contributed by atoms with E-state index in [4.69, 9.17) is 4.74 Å². The molecule has 2 fully saturated rings. The molecule has 1 spiro atoms. The largest absolute Gasteiger partial charge is 0.370 e. The summed E-state index contributed by atoms with van der Waals surface area (Å²) in [5, 5.41) is 3.03. The molecule has 4 nitrogen and oxygen atoms in total. The molecular weight excluding hydrogens is 399 g/mol. The monoisotopic (exact) mass is 428 g/mol. The number of carbonyl (C=O) groups is 1. The van der Waals surface area contributed by atoms with E-state index in [1.54, 1.807) is 17.8 Å². The SMILES string of the molecule is O=C(CSc1ccccc1)NC[C@@H]1CCC2(CCN(Cc3ccccc3F)CC2)O1. The minimum absolute atomic E-state index is 0.0492. The third-order valence-electron chi connectivity index (χ3n) is 6.10. The predicted molar refractivity (Wildman–Crippen MR) is 118 cm³/mol. The van der Waals surface area contributed by atoms with E-state index in [-0.39, 0.29) is 23.4 Å². The van der Waals surface area contributed by atoms with Crippen molar-refractivity contribution >= 4 is 17.7 Å². The van der Waals surface area contributed by atoms with E-state index in [0.717, 1.165) is 49.2 Å². The van der Waals surface area contributed by atoms with Gasteiger partial charge in [-0.05, 0) is 43.9 Å². The van der Waals surface area contributed by atoms with Gasteiger partial charge in [-0.2, -0.15) is 0 Å². The second kappa shape index (κ2) is 9.94. The summed E-state index contributed by atoms with van der Waals surface area (Å²) in [5.74, 6) is 0.344. The van der Waals surface area contributed by atoms with Crippen molar-refractivity contribution in [2.75, 3.05) is 25.4 Å². The van der Waals surface area contributed by atoms with Crippen LogP contribution in [0.25, 0.3) is 0 Å². The molecular formula is C24H29FN2O2S. The molecule has 4 rings (SSSR count). The summed E-state index contributed by atoms with van der Waals surface area (Å²) in [6.07, 6.45) is 4.05. The van der Waals surface area contributed by atoms with E-state index < -0.39 is 0 Å². The molecule has 0 bridgehead atoms. The number of benzene rings is 2. The minimum Gasteiger partial charge on any atom is -0.370 e. The standard InChI is InChI=1S/C24H29FN2O2S/c25-22-9-5-4-6-19(22)17-27-14-12-24(13-15-27)11-10-20(29-24)16-26-23(28)18-30-21-7-2-1-3-8-21/h1-9,20H,10-18H2,(H,26,28)/t20-/m0/s1. The maximum Gasteiger partial charge on any atom is 0.230 e. The molecule has 2 aromatic rings. The molecule has 6 heteroatoms. The van der Waals surface area contributed by atoms with Crippen LogP contribution < -0.4 is 5.32 Å². The van der Waals surface area contributed by atoms with Crippen molar-refractivity contribution < 1.29 is 13.9 Å². The van der Waals surface area contributed by atoms with Gasteiger partial charge in [0.15, 0.2) is 0 Å². The Bertz CT molecular complexity index is 840. The Kier molecular flexibility index (Phi) is 7.08. The number of nitrogens with zero attached hydrogens (tertiary/aromatic N) is 1. The van der Waals surface area contributed by atoms with Gasteiger partial charge in [-0.25, -0.2) is 4.39 Å². The van der Waals surface area contributed by atoms with Crippen LogP contribution in [0.2, 0.25) is 0 Å². The Morgan fingerprint density at radius 3 is 2.60 bits per heavy atom. The number of carbonyl (C=O) groups excluding carboxylic acids is 1. The molecule has 0 aromatic heterocycles. The first-order valence-electron chi connectivity index (χ1n) is 10.7. The molecule has 0 unspecified atom stereocenters. The Labute approximate surface area is 182 Å². The van der Waals surface area contributed by atoms with E-state index >= 15 is 0 Å². The van der Waals surface area contributed by atoms with Gasteiger partial charge in [0.05, 0.1) is 17.5 Å². The first-order valence-corrected chi connectivity index (χ1v) is 11.7.